The van der Waals surface area contributed by atoms with Gasteiger partial charge in [-0.05, 0) is 22.4 Å². The smallest absolute Gasteiger partial charge is 0.223 e. The Hall–Kier alpha value is -1.58. The summed E-state index contributed by atoms with van der Waals surface area (Å²) in [6.07, 6.45) is 0. The van der Waals surface area contributed by atoms with Crippen LogP contribution in [0.4, 0.5) is 0 Å². The maximum atomic E-state index is 11.8. The van der Waals surface area contributed by atoms with E-state index in [1.165, 1.54) is 5.39 Å². The van der Waals surface area contributed by atoms with Crippen molar-refractivity contribution in [2.45, 2.75) is 19.9 Å². The van der Waals surface area contributed by atoms with Gasteiger partial charge in [0, 0.05) is 12.5 Å². The Morgan fingerprint density at radius 1 is 1.15 bits per heavy atom. The highest BCUT2D eigenvalue weighted by Crippen LogP contribution is 2.20. The lowest BCUT2D eigenvalue weighted by Crippen LogP contribution is -2.35. The van der Waals surface area contributed by atoms with Crippen molar-refractivity contribution in [1.82, 2.24) is 5.32 Å². The Morgan fingerprint density at radius 2 is 1.80 bits per heavy atom. The fraction of sp³-hybridized carbons (Fsp3) is 0.312. The molecular formula is C16H21ClN2O. The predicted octanol–water partition coefficient (Wildman–Crippen LogP) is 3.03. The molecule has 0 fully saturated rings. The van der Waals surface area contributed by atoms with Gasteiger partial charge in [-0.15, -0.1) is 12.4 Å². The molecule has 0 aliphatic carbocycles. The lowest BCUT2D eigenvalue weighted by Gasteiger charge is -2.19. The molecule has 0 aliphatic rings. The second kappa shape index (κ2) is 7.27. The number of nitrogens with one attached hydrogen (secondary N) is 1. The number of amides is 1. The molecule has 2 aromatic carbocycles. The summed E-state index contributed by atoms with van der Waals surface area (Å²) in [5.74, 6) is -0.00175. The van der Waals surface area contributed by atoms with E-state index in [1.807, 2.05) is 32.0 Å². The van der Waals surface area contributed by atoms with Crippen molar-refractivity contribution in [2.24, 2.45) is 11.7 Å². The van der Waals surface area contributed by atoms with Gasteiger partial charge in [0.25, 0.3) is 0 Å². The number of carbonyl (C=O) groups excluding carboxylic acids is 1. The van der Waals surface area contributed by atoms with Crippen LogP contribution in [-0.4, -0.2) is 12.5 Å². The van der Waals surface area contributed by atoms with Crippen molar-refractivity contribution in [2.75, 3.05) is 6.54 Å². The first-order chi connectivity index (χ1) is 9.11. The van der Waals surface area contributed by atoms with Crippen LogP contribution in [0.3, 0.4) is 0 Å². The van der Waals surface area contributed by atoms with Gasteiger partial charge in [-0.25, -0.2) is 0 Å². The number of benzene rings is 2. The molecule has 0 saturated carbocycles. The second-order valence-corrected chi connectivity index (χ2v) is 5.06. The Bertz CT molecular complexity index is 583. The lowest BCUT2D eigenvalue weighted by atomic mass is 10.0. The van der Waals surface area contributed by atoms with Crippen molar-refractivity contribution < 1.29 is 4.79 Å². The zero-order valence-corrected chi connectivity index (χ0v) is 12.6. The molecule has 3 nitrogen and oxygen atoms in total. The van der Waals surface area contributed by atoms with E-state index in [9.17, 15) is 4.79 Å². The topological polar surface area (TPSA) is 55.1 Å². The summed E-state index contributed by atoms with van der Waals surface area (Å²) in [6.45, 7) is 4.16. The van der Waals surface area contributed by atoms with Crippen LogP contribution in [0.15, 0.2) is 42.5 Å². The quantitative estimate of drug-likeness (QED) is 0.910. The summed E-state index contributed by atoms with van der Waals surface area (Å²) >= 11 is 0. The zero-order chi connectivity index (χ0) is 13.8. The van der Waals surface area contributed by atoms with E-state index < -0.39 is 0 Å². The molecule has 20 heavy (non-hydrogen) atoms. The Kier molecular flexibility index (Phi) is 5.99. The molecule has 4 heteroatoms. The molecule has 0 radical (unpaired) electrons. The molecule has 0 heterocycles. The SMILES string of the molecule is CC(C)C(=O)NC(CN)c1ccc2ccccc2c1.Cl. The molecular weight excluding hydrogens is 272 g/mol. The molecule has 0 aliphatic heterocycles. The van der Waals surface area contributed by atoms with Crippen molar-refractivity contribution in [3.05, 3.63) is 48.0 Å². The molecule has 1 amide bonds. The lowest BCUT2D eigenvalue weighted by molar-refractivity contribution is -0.124. The van der Waals surface area contributed by atoms with Gasteiger partial charge < -0.3 is 11.1 Å². The molecule has 3 N–H and O–H groups in total. The van der Waals surface area contributed by atoms with Gasteiger partial charge in [-0.2, -0.15) is 0 Å². The number of halogens is 1. The minimum atomic E-state index is -0.125. The third-order valence-electron chi connectivity index (χ3n) is 3.25. The molecule has 0 aromatic heterocycles. The van der Waals surface area contributed by atoms with Gasteiger partial charge in [-0.1, -0.05) is 50.2 Å². The van der Waals surface area contributed by atoms with Gasteiger partial charge in [0.2, 0.25) is 5.91 Å². The standard InChI is InChI=1S/C16H20N2O.ClH/c1-11(2)16(19)18-15(10-17)14-8-7-12-5-3-4-6-13(12)9-14;/h3-9,11,15H,10,17H2,1-2H3,(H,18,19);1H. The summed E-state index contributed by atoms with van der Waals surface area (Å²) < 4.78 is 0. The van der Waals surface area contributed by atoms with Gasteiger partial charge >= 0.3 is 0 Å². The average molecular weight is 293 g/mol. The Balaban J connectivity index is 0.00000200. The normalized spacial score (nSPS) is 12.0. The van der Waals surface area contributed by atoms with Crippen molar-refractivity contribution in [3.63, 3.8) is 0 Å². The van der Waals surface area contributed by atoms with E-state index in [0.717, 1.165) is 10.9 Å². The number of hydrogen-bond acceptors (Lipinski definition) is 2. The molecule has 0 spiro atoms. The summed E-state index contributed by atoms with van der Waals surface area (Å²) in [5, 5.41) is 5.34. The number of rotatable bonds is 4. The molecule has 0 bridgehead atoms. The highest BCUT2D eigenvalue weighted by Gasteiger charge is 2.15. The maximum Gasteiger partial charge on any atom is 0.223 e. The number of carbonyl (C=O) groups is 1. The fourth-order valence-electron chi connectivity index (χ4n) is 2.04. The third-order valence-corrected chi connectivity index (χ3v) is 3.25. The monoisotopic (exact) mass is 292 g/mol. The third kappa shape index (κ3) is 3.71. The highest BCUT2D eigenvalue weighted by atomic mass is 35.5. The van der Waals surface area contributed by atoms with E-state index in [0.29, 0.717) is 6.54 Å². The summed E-state index contributed by atoms with van der Waals surface area (Å²) in [6, 6.07) is 14.2. The minimum Gasteiger partial charge on any atom is -0.348 e. The van der Waals surface area contributed by atoms with E-state index >= 15 is 0 Å². The summed E-state index contributed by atoms with van der Waals surface area (Å²) in [7, 11) is 0. The van der Waals surface area contributed by atoms with Crippen LogP contribution in [0.2, 0.25) is 0 Å². The molecule has 1 atom stereocenters. The van der Waals surface area contributed by atoms with Gasteiger partial charge in [0.05, 0.1) is 6.04 Å². The van der Waals surface area contributed by atoms with Gasteiger partial charge in [-0.3, -0.25) is 4.79 Å². The van der Waals surface area contributed by atoms with Crippen LogP contribution in [0.5, 0.6) is 0 Å². The van der Waals surface area contributed by atoms with Crippen LogP contribution in [0.1, 0.15) is 25.5 Å². The molecule has 108 valence electrons. The first kappa shape index (κ1) is 16.5. The van der Waals surface area contributed by atoms with Gasteiger partial charge in [0.15, 0.2) is 0 Å². The fourth-order valence-corrected chi connectivity index (χ4v) is 2.04. The summed E-state index contributed by atoms with van der Waals surface area (Å²) in [4.78, 5) is 11.8. The largest absolute Gasteiger partial charge is 0.348 e. The van der Waals surface area contributed by atoms with Crippen LogP contribution in [0, 0.1) is 5.92 Å². The van der Waals surface area contributed by atoms with Crippen molar-refractivity contribution in [1.29, 1.82) is 0 Å². The van der Waals surface area contributed by atoms with E-state index in [1.54, 1.807) is 0 Å². The van der Waals surface area contributed by atoms with Crippen LogP contribution in [-0.2, 0) is 4.79 Å². The Labute approximate surface area is 126 Å². The predicted molar refractivity (Wildman–Crippen MR) is 86.0 cm³/mol. The first-order valence-corrected chi connectivity index (χ1v) is 6.61. The Morgan fingerprint density at radius 3 is 2.40 bits per heavy atom. The second-order valence-electron chi connectivity index (χ2n) is 5.06. The van der Waals surface area contributed by atoms with E-state index in [4.69, 9.17) is 5.73 Å². The number of nitrogens with two attached hydrogens (primary N) is 1. The average Bonchev–Trinajstić information content (AvgIpc) is 2.43. The molecule has 0 saturated heterocycles. The first-order valence-electron chi connectivity index (χ1n) is 6.61. The van der Waals surface area contributed by atoms with Gasteiger partial charge in [0.1, 0.15) is 0 Å². The molecule has 2 rings (SSSR count). The van der Waals surface area contributed by atoms with Crippen LogP contribution in [0.25, 0.3) is 10.8 Å². The number of hydrogen-bond donors (Lipinski definition) is 2. The molecule has 2 aromatic rings. The van der Waals surface area contributed by atoms with E-state index in [2.05, 4.69) is 29.6 Å². The number of fused-ring (bicyclic) bond motifs is 1. The van der Waals surface area contributed by atoms with Crippen molar-refractivity contribution in [3.8, 4) is 0 Å². The van der Waals surface area contributed by atoms with Crippen LogP contribution < -0.4 is 11.1 Å². The molecule has 1 unspecified atom stereocenters. The maximum absolute atomic E-state index is 11.8. The zero-order valence-electron chi connectivity index (χ0n) is 11.8. The van der Waals surface area contributed by atoms with E-state index in [-0.39, 0.29) is 30.3 Å². The van der Waals surface area contributed by atoms with Crippen molar-refractivity contribution >= 4 is 29.1 Å². The summed E-state index contributed by atoms with van der Waals surface area (Å²) in [5.41, 5.74) is 6.83. The highest BCUT2D eigenvalue weighted by molar-refractivity contribution is 5.85. The minimum absolute atomic E-state index is 0. The van der Waals surface area contributed by atoms with Crippen LogP contribution >= 0.6 is 12.4 Å².